The van der Waals surface area contributed by atoms with Crippen molar-refractivity contribution in [1.82, 2.24) is 4.98 Å². The molecule has 1 rings (SSSR count). The average molecular weight is 189 g/mol. The highest BCUT2D eigenvalue weighted by atomic mass is 32.2. The fraction of sp³-hybridized carbons (Fsp3) is 0.167. The highest BCUT2D eigenvalue weighted by molar-refractivity contribution is 7.86. The van der Waals surface area contributed by atoms with E-state index in [0.717, 1.165) is 19.4 Å². The van der Waals surface area contributed by atoms with E-state index in [4.69, 9.17) is 0 Å². The number of hydrogen-bond acceptors (Lipinski definition) is 4. The molecule has 0 saturated heterocycles. The maximum atomic E-state index is 11.0. The largest absolute Gasteiger partial charge is 0.366 e. The Bertz CT molecular complexity index is 419. The number of nitrogens with one attached hydrogen (secondary N) is 1. The van der Waals surface area contributed by atoms with Crippen LogP contribution in [-0.4, -0.2) is 20.5 Å². The van der Waals surface area contributed by atoms with Crippen LogP contribution in [0.5, 0.6) is 0 Å². The van der Waals surface area contributed by atoms with E-state index in [1.165, 1.54) is 6.20 Å². The van der Waals surface area contributed by atoms with Gasteiger partial charge in [0.05, 0.1) is 7.11 Å². The Balaban J connectivity index is 3.40. The summed E-state index contributed by atoms with van der Waals surface area (Å²) in [7, 11) is -2.87. The van der Waals surface area contributed by atoms with Crippen LogP contribution in [0.3, 0.4) is 0 Å². The maximum absolute atomic E-state index is 11.0. The fourth-order valence-electron chi connectivity index (χ4n) is 0.686. The van der Waals surface area contributed by atoms with Crippen molar-refractivity contribution >= 4 is 10.1 Å². The lowest BCUT2D eigenvalue weighted by molar-refractivity contribution is 0.397. The van der Waals surface area contributed by atoms with Crippen molar-refractivity contribution < 1.29 is 12.6 Å². The lowest BCUT2D eigenvalue weighted by Crippen LogP contribution is -2.14. The van der Waals surface area contributed by atoms with E-state index in [1.807, 2.05) is 0 Å². The zero-order chi connectivity index (χ0) is 9.19. The zero-order valence-corrected chi connectivity index (χ0v) is 7.09. The topological polar surface area (TPSA) is 76.2 Å². The molecule has 0 bridgehead atoms. The van der Waals surface area contributed by atoms with Crippen LogP contribution in [0.25, 0.3) is 0 Å². The highest BCUT2D eigenvalue weighted by Gasteiger charge is 2.15. The van der Waals surface area contributed by atoms with Crippen molar-refractivity contribution in [3.8, 4) is 0 Å². The van der Waals surface area contributed by atoms with Crippen LogP contribution in [0, 0.1) is 0 Å². The van der Waals surface area contributed by atoms with Crippen LogP contribution in [0.2, 0.25) is 0 Å². The van der Waals surface area contributed by atoms with Crippen molar-refractivity contribution in [2.75, 3.05) is 7.11 Å². The molecule has 0 aliphatic rings. The summed E-state index contributed by atoms with van der Waals surface area (Å²) in [6, 6.07) is 1.12. The monoisotopic (exact) mass is 189 g/mol. The first-order valence-electron chi connectivity index (χ1n) is 3.05. The Labute approximate surface area is 69.1 Å². The molecule has 1 aromatic rings. The molecule has 0 amide bonds. The number of hydrogen-bond donors (Lipinski definition) is 1. The molecule has 0 unspecified atom stereocenters. The lowest BCUT2D eigenvalue weighted by atomic mass is 10.5. The molecular weight excluding hydrogens is 182 g/mol. The molecular formula is C6H7NO4S. The minimum absolute atomic E-state index is 0.382. The second-order valence-electron chi connectivity index (χ2n) is 1.99. The van der Waals surface area contributed by atoms with Gasteiger partial charge in [-0.3, -0.25) is 8.98 Å². The number of pyridine rings is 1. The predicted molar refractivity (Wildman–Crippen MR) is 41.3 cm³/mol. The summed E-state index contributed by atoms with van der Waals surface area (Å²) in [5.74, 6) is 0. The molecule has 1 aromatic heterocycles. The Morgan fingerprint density at radius 1 is 1.50 bits per heavy atom. The normalized spacial score (nSPS) is 11.4. The molecule has 0 aliphatic heterocycles. The zero-order valence-electron chi connectivity index (χ0n) is 6.27. The van der Waals surface area contributed by atoms with Crippen LogP contribution in [0.4, 0.5) is 0 Å². The van der Waals surface area contributed by atoms with Crippen LogP contribution in [0.1, 0.15) is 0 Å². The highest BCUT2D eigenvalue weighted by Crippen LogP contribution is 2.02. The van der Waals surface area contributed by atoms with E-state index < -0.39 is 15.5 Å². The maximum Gasteiger partial charge on any atom is 0.302 e. The Morgan fingerprint density at radius 2 is 2.17 bits per heavy atom. The van der Waals surface area contributed by atoms with E-state index in [-0.39, 0.29) is 4.90 Å². The molecule has 0 spiro atoms. The van der Waals surface area contributed by atoms with Gasteiger partial charge in [0, 0.05) is 18.5 Å². The first kappa shape index (κ1) is 8.95. The van der Waals surface area contributed by atoms with E-state index in [0.29, 0.717) is 0 Å². The first-order valence-corrected chi connectivity index (χ1v) is 4.46. The number of rotatable bonds is 2. The SMILES string of the molecule is COS(=O)(=O)c1c[nH]ccc1=O. The summed E-state index contributed by atoms with van der Waals surface area (Å²) in [6.45, 7) is 0. The van der Waals surface area contributed by atoms with Crippen LogP contribution in [-0.2, 0) is 14.3 Å². The third kappa shape index (κ3) is 1.54. The Morgan fingerprint density at radius 3 is 2.67 bits per heavy atom. The molecule has 1 heterocycles. The van der Waals surface area contributed by atoms with Gasteiger partial charge in [0.25, 0.3) is 0 Å². The lowest BCUT2D eigenvalue weighted by Gasteiger charge is -1.97. The second kappa shape index (κ2) is 3.08. The molecule has 0 aliphatic carbocycles. The first-order chi connectivity index (χ1) is 5.58. The average Bonchev–Trinajstić information content (AvgIpc) is 2.05. The van der Waals surface area contributed by atoms with Gasteiger partial charge in [-0.15, -0.1) is 0 Å². The molecule has 0 saturated carbocycles. The molecule has 6 heteroatoms. The molecule has 0 aromatic carbocycles. The number of aromatic amines is 1. The smallest absolute Gasteiger partial charge is 0.302 e. The minimum atomic E-state index is -3.87. The summed E-state index contributed by atoms with van der Waals surface area (Å²) in [5.41, 5.74) is -0.587. The van der Waals surface area contributed by atoms with Gasteiger partial charge in [0.1, 0.15) is 0 Å². The van der Waals surface area contributed by atoms with Crippen molar-refractivity contribution in [3.63, 3.8) is 0 Å². The molecule has 0 fully saturated rings. The quantitative estimate of drug-likeness (QED) is 0.648. The van der Waals surface area contributed by atoms with Crippen molar-refractivity contribution in [1.29, 1.82) is 0 Å². The fourth-order valence-corrected chi connectivity index (χ4v) is 1.39. The van der Waals surface area contributed by atoms with E-state index >= 15 is 0 Å². The predicted octanol–water partition coefficient (Wildman–Crippen LogP) is -0.290. The Kier molecular flexibility index (Phi) is 2.30. The van der Waals surface area contributed by atoms with Gasteiger partial charge in [0.2, 0.25) is 5.43 Å². The molecule has 5 nitrogen and oxygen atoms in total. The number of H-pyrrole nitrogens is 1. The summed E-state index contributed by atoms with van der Waals surface area (Å²) in [5, 5.41) is 0. The van der Waals surface area contributed by atoms with Crippen LogP contribution < -0.4 is 5.43 Å². The molecule has 12 heavy (non-hydrogen) atoms. The van der Waals surface area contributed by atoms with E-state index in [9.17, 15) is 13.2 Å². The van der Waals surface area contributed by atoms with Gasteiger partial charge in [-0.2, -0.15) is 8.42 Å². The van der Waals surface area contributed by atoms with E-state index in [1.54, 1.807) is 0 Å². The molecule has 0 radical (unpaired) electrons. The van der Waals surface area contributed by atoms with Gasteiger partial charge in [-0.25, -0.2) is 0 Å². The third-order valence-corrected chi connectivity index (χ3v) is 2.57. The van der Waals surface area contributed by atoms with Gasteiger partial charge in [-0.1, -0.05) is 0 Å². The second-order valence-corrected chi connectivity index (χ2v) is 3.68. The summed E-state index contributed by atoms with van der Waals surface area (Å²) in [6.07, 6.45) is 2.43. The number of aromatic nitrogens is 1. The van der Waals surface area contributed by atoms with Gasteiger partial charge >= 0.3 is 10.1 Å². The molecule has 1 N–H and O–H groups in total. The van der Waals surface area contributed by atoms with Crippen LogP contribution >= 0.6 is 0 Å². The van der Waals surface area contributed by atoms with Gasteiger partial charge in [-0.05, 0) is 0 Å². The van der Waals surface area contributed by atoms with Crippen LogP contribution in [0.15, 0.2) is 28.2 Å². The summed E-state index contributed by atoms with van der Waals surface area (Å²) < 4.78 is 26.1. The summed E-state index contributed by atoms with van der Waals surface area (Å²) >= 11 is 0. The Hall–Kier alpha value is -1.14. The van der Waals surface area contributed by atoms with E-state index in [2.05, 4.69) is 9.17 Å². The van der Waals surface area contributed by atoms with Crippen molar-refractivity contribution in [2.24, 2.45) is 0 Å². The molecule has 66 valence electrons. The summed E-state index contributed by atoms with van der Waals surface area (Å²) in [4.78, 5) is 13.0. The minimum Gasteiger partial charge on any atom is -0.366 e. The van der Waals surface area contributed by atoms with Gasteiger partial charge < -0.3 is 4.98 Å². The standard InChI is InChI=1S/C6H7NO4S/c1-11-12(9,10)6-4-7-3-2-5(6)8/h2-4H,1H3,(H,7,8). The van der Waals surface area contributed by atoms with Crippen molar-refractivity contribution in [2.45, 2.75) is 4.90 Å². The third-order valence-electron chi connectivity index (χ3n) is 1.28. The van der Waals surface area contributed by atoms with Gasteiger partial charge in [0.15, 0.2) is 4.90 Å². The van der Waals surface area contributed by atoms with Crippen molar-refractivity contribution in [3.05, 3.63) is 28.7 Å². The molecule has 0 atom stereocenters.